The average Bonchev–Trinajstić information content (AvgIpc) is 2.17. The van der Waals surface area contributed by atoms with Crippen molar-refractivity contribution >= 4 is 21.8 Å². The largest absolute Gasteiger partial charge is 0.450 e. The van der Waals surface area contributed by atoms with Crippen LogP contribution in [-0.2, 0) is 14.8 Å². The van der Waals surface area contributed by atoms with E-state index >= 15 is 0 Å². The van der Waals surface area contributed by atoms with Crippen LogP contribution in [-0.4, -0.2) is 21.1 Å². The molecule has 0 saturated heterocycles. The van der Waals surface area contributed by atoms with Gasteiger partial charge in [-0.15, -0.1) is 0 Å². The van der Waals surface area contributed by atoms with Gasteiger partial charge >= 0.3 is 6.09 Å². The molecule has 96 valence electrons. The van der Waals surface area contributed by atoms with E-state index in [9.17, 15) is 13.2 Å². The standard InChI is InChI=1S/C6H8N2O2S.C3H7NO2/c7-5-1-3-6(4-2-5)11(8,9)10;1-2-6-3(4)5/h1-4H,7H2,(H2,8,9,10);2H2,1H3,(H2,4,5). The molecule has 17 heavy (non-hydrogen) atoms. The molecule has 0 radical (unpaired) electrons. The number of nitrogens with two attached hydrogens (primary N) is 3. The molecule has 0 aliphatic heterocycles. The molecule has 0 saturated carbocycles. The van der Waals surface area contributed by atoms with E-state index in [4.69, 9.17) is 10.9 Å². The van der Waals surface area contributed by atoms with Gasteiger partial charge < -0.3 is 16.2 Å². The smallest absolute Gasteiger partial charge is 0.404 e. The first-order valence-electron chi connectivity index (χ1n) is 4.58. The quantitative estimate of drug-likeness (QED) is 0.644. The van der Waals surface area contributed by atoms with Crippen LogP contribution in [0.2, 0.25) is 0 Å². The molecule has 6 N–H and O–H groups in total. The highest BCUT2D eigenvalue weighted by Gasteiger charge is 2.04. The van der Waals surface area contributed by atoms with Crippen LogP contribution in [0, 0.1) is 0 Å². The Morgan fingerprint density at radius 3 is 2.00 bits per heavy atom. The first-order valence-corrected chi connectivity index (χ1v) is 6.12. The number of carbonyl (C=O) groups excluding carboxylic acids is 1. The maximum Gasteiger partial charge on any atom is 0.404 e. The fourth-order valence-corrected chi connectivity index (χ4v) is 1.32. The monoisotopic (exact) mass is 261 g/mol. The van der Waals surface area contributed by atoms with Crippen molar-refractivity contribution in [3.05, 3.63) is 24.3 Å². The van der Waals surface area contributed by atoms with Gasteiger partial charge in [-0.25, -0.2) is 18.4 Å². The molecule has 0 aliphatic carbocycles. The topological polar surface area (TPSA) is 138 Å². The van der Waals surface area contributed by atoms with Crippen molar-refractivity contribution in [1.82, 2.24) is 0 Å². The van der Waals surface area contributed by atoms with Crippen LogP contribution in [0.5, 0.6) is 0 Å². The first-order chi connectivity index (χ1) is 7.77. The van der Waals surface area contributed by atoms with E-state index in [1.165, 1.54) is 24.3 Å². The van der Waals surface area contributed by atoms with Crippen LogP contribution < -0.4 is 16.6 Å². The Morgan fingerprint density at radius 2 is 1.76 bits per heavy atom. The van der Waals surface area contributed by atoms with Gasteiger partial charge in [-0.2, -0.15) is 0 Å². The minimum absolute atomic E-state index is 0.0756. The zero-order valence-corrected chi connectivity index (χ0v) is 10.1. The van der Waals surface area contributed by atoms with Crippen molar-refractivity contribution in [3.8, 4) is 0 Å². The molecule has 8 heteroatoms. The van der Waals surface area contributed by atoms with E-state index in [-0.39, 0.29) is 4.90 Å². The van der Waals surface area contributed by atoms with Crippen molar-refractivity contribution in [3.63, 3.8) is 0 Å². The number of hydrogen-bond donors (Lipinski definition) is 3. The summed E-state index contributed by atoms with van der Waals surface area (Å²) in [5.74, 6) is 0. The number of primary amides is 1. The van der Waals surface area contributed by atoms with Crippen LogP contribution >= 0.6 is 0 Å². The maximum absolute atomic E-state index is 10.7. The molecule has 1 rings (SSSR count). The van der Waals surface area contributed by atoms with Gasteiger partial charge in [-0.3, -0.25) is 0 Å². The number of nitrogen functional groups attached to an aromatic ring is 1. The number of ether oxygens (including phenoxy) is 1. The third kappa shape index (κ3) is 7.14. The summed E-state index contributed by atoms with van der Waals surface area (Å²) in [4.78, 5) is 9.67. The van der Waals surface area contributed by atoms with Crippen LogP contribution in [0.25, 0.3) is 0 Å². The van der Waals surface area contributed by atoms with Crippen molar-refractivity contribution in [2.75, 3.05) is 12.3 Å². The molecule has 7 nitrogen and oxygen atoms in total. The van der Waals surface area contributed by atoms with Crippen LogP contribution in [0.4, 0.5) is 10.5 Å². The van der Waals surface area contributed by atoms with Gasteiger partial charge in [0.15, 0.2) is 0 Å². The van der Waals surface area contributed by atoms with E-state index in [1.807, 2.05) is 0 Å². The average molecular weight is 261 g/mol. The van der Waals surface area contributed by atoms with Gasteiger partial charge in [0.25, 0.3) is 0 Å². The van der Waals surface area contributed by atoms with E-state index in [0.29, 0.717) is 12.3 Å². The molecular formula is C9H15N3O4S. The Kier molecular flexibility index (Phi) is 6.00. The van der Waals surface area contributed by atoms with Crippen LogP contribution in [0.15, 0.2) is 29.2 Å². The fraction of sp³-hybridized carbons (Fsp3) is 0.222. The molecule has 0 heterocycles. The van der Waals surface area contributed by atoms with Gasteiger partial charge in [-0.05, 0) is 31.2 Å². The summed E-state index contributed by atoms with van der Waals surface area (Å²) in [5.41, 5.74) is 10.4. The SMILES string of the molecule is CCOC(N)=O.Nc1ccc(S(N)(=O)=O)cc1. The Morgan fingerprint density at radius 1 is 1.29 bits per heavy atom. The number of anilines is 1. The van der Waals surface area contributed by atoms with Gasteiger partial charge in [0.2, 0.25) is 10.0 Å². The predicted octanol–water partition coefficient (Wildman–Crippen LogP) is 0.0178. The molecular weight excluding hydrogens is 246 g/mol. The van der Waals surface area contributed by atoms with E-state index < -0.39 is 16.1 Å². The van der Waals surface area contributed by atoms with Crippen molar-refractivity contribution < 1.29 is 17.9 Å². The number of primary sulfonamides is 1. The Labute approximate surface area is 99.6 Å². The normalized spacial score (nSPS) is 10.0. The molecule has 0 spiro atoms. The molecule has 0 unspecified atom stereocenters. The third-order valence-electron chi connectivity index (χ3n) is 1.50. The molecule has 1 aromatic rings. The minimum Gasteiger partial charge on any atom is -0.450 e. The van der Waals surface area contributed by atoms with Crippen molar-refractivity contribution in [2.45, 2.75) is 11.8 Å². The van der Waals surface area contributed by atoms with Gasteiger partial charge in [-0.1, -0.05) is 0 Å². The van der Waals surface area contributed by atoms with Gasteiger partial charge in [0.1, 0.15) is 0 Å². The summed E-state index contributed by atoms with van der Waals surface area (Å²) < 4.78 is 25.5. The highest BCUT2D eigenvalue weighted by atomic mass is 32.2. The summed E-state index contributed by atoms with van der Waals surface area (Å²) >= 11 is 0. The summed E-state index contributed by atoms with van der Waals surface area (Å²) in [6, 6.07) is 5.70. The lowest BCUT2D eigenvalue weighted by Crippen LogP contribution is -2.11. The number of sulfonamides is 1. The zero-order valence-electron chi connectivity index (χ0n) is 9.29. The number of carbonyl (C=O) groups is 1. The van der Waals surface area contributed by atoms with Crippen molar-refractivity contribution in [1.29, 1.82) is 0 Å². The lowest BCUT2D eigenvalue weighted by molar-refractivity contribution is 0.163. The van der Waals surface area contributed by atoms with Gasteiger partial charge in [0.05, 0.1) is 11.5 Å². The second-order valence-electron chi connectivity index (χ2n) is 2.87. The second kappa shape index (κ2) is 6.71. The summed E-state index contributed by atoms with van der Waals surface area (Å²) in [5, 5.41) is 4.84. The van der Waals surface area contributed by atoms with E-state index in [1.54, 1.807) is 6.92 Å². The summed E-state index contributed by atoms with van der Waals surface area (Å²) in [7, 11) is -3.58. The fourth-order valence-electron chi connectivity index (χ4n) is 0.800. The van der Waals surface area contributed by atoms with Crippen molar-refractivity contribution in [2.24, 2.45) is 10.9 Å². The first kappa shape index (κ1) is 15.2. The highest BCUT2D eigenvalue weighted by molar-refractivity contribution is 7.89. The zero-order chi connectivity index (χ0) is 13.5. The summed E-state index contributed by atoms with van der Waals surface area (Å²) in [6.45, 7) is 2.06. The van der Waals surface area contributed by atoms with Crippen LogP contribution in [0.3, 0.4) is 0 Å². The molecule has 0 atom stereocenters. The van der Waals surface area contributed by atoms with Crippen LogP contribution in [0.1, 0.15) is 6.92 Å². The molecule has 1 amide bonds. The Balaban J connectivity index is 0.000000366. The number of amides is 1. The Bertz CT molecular complexity index is 456. The predicted molar refractivity (Wildman–Crippen MR) is 63.4 cm³/mol. The Hall–Kier alpha value is -1.80. The minimum atomic E-state index is -3.58. The second-order valence-corrected chi connectivity index (χ2v) is 4.43. The molecule has 0 fully saturated rings. The highest BCUT2D eigenvalue weighted by Crippen LogP contribution is 2.08. The molecule has 0 bridgehead atoms. The molecule has 0 aromatic heterocycles. The lowest BCUT2D eigenvalue weighted by atomic mass is 10.3. The van der Waals surface area contributed by atoms with E-state index in [2.05, 4.69) is 10.5 Å². The number of hydrogen-bond acceptors (Lipinski definition) is 5. The third-order valence-corrected chi connectivity index (χ3v) is 2.42. The van der Waals surface area contributed by atoms with E-state index in [0.717, 1.165) is 0 Å². The summed E-state index contributed by atoms with van der Waals surface area (Å²) in [6.07, 6.45) is -0.711. The molecule has 0 aliphatic rings. The molecule has 1 aromatic carbocycles. The number of benzene rings is 1. The van der Waals surface area contributed by atoms with Gasteiger partial charge in [0, 0.05) is 5.69 Å². The number of rotatable bonds is 2. The lowest BCUT2D eigenvalue weighted by Gasteiger charge is -1.96. The maximum atomic E-state index is 10.7.